The van der Waals surface area contributed by atoms with Crippen molar-refractivity contribution in [1.82, 2.24) is 10.2 Å². The van der Waals surface area contributed by atoms with E-state index in [0.717, 1.165) is 0 Å². The Labute approximate surface area is 140 Å². The molecule has 0 spiro atoms. The summed E-state index contributed by atoms with van der Waals surface area (Å²) in [6.45, 7) is 2.24. The highest BCUT2D eigenvalue weighted by atomic mass is 32.1. The van der Waals surface area contributed by atoms with Crippen LogP contribution in [0.15, 0.2) is 35.5 Å². The average Bonchev–Trinajstić information content (AvgIpc) is 2.52. The molecule has 0 aliphatic carbocycles. The number of esters is 1. The lowest BCUT2D eigenvalue weighted by Crippen LogP contribution is -2.46. The van der Waals surface area contributed by atoms with E-state index in [1.54, 1.807) is 31.0 Å². The topological polar surface area (TPSA) is 50.8 Å². The minimum Gasteiger partial charge on any atom is -0.460 e. The standard InChI is InChI=1S/C16H19FN2O3S/c1-10-13(15(20)22-8-7-21-3)14(18-16(23)19(10)2)11-5-4-6-12(17)9-11/h4-6,9,14H,7-8H2,1-3H3,(H,18,23)/t14-/m0/s1. The predicted molar refractivity (Wildman–Crippen MR) is 88.2 cm³/mol. The fourth-order valence-corrected chi connectivity index (χ4v) is 2.59. The summed E-state index contributed by atoms with van der Waals surface area (Å²) in [5.41, 5.74) is 1.69. The van der Waals surface area contributed by atoms with E-state index in [1.807, 2.05) is 0 Å². The Bertz CT molecular complexity index is 648. The zero-order chi connectivity index (χ0) is 17.0. The number of thiocarbonyl (C=S) groups is 1. The third kappa shape index (κ3) is 3.86. The molecule has 5 nitrogen and oxygen atoms in total. The number of allylic oxidation sites excluding steroid dienone is 1. The molecular formula is C16H19FN2O3S. The molecule has 0 saturated carbocycles. The van der Waals surface area contributed by atoms with Crippen LogP contribution in [0.5, 0.6) is 0 Å². The van der Waals surface area contributed by atoms with Crippen LogP contribution in [-0.2, 0) is 14.3 Å². The first-order valence-corrected chi connectivity index (χ1v) is 7.53. The maximum Gasteiger partial charge on any atom is 0.338 e. The summed E-state index contributed by atoms with van der Waals surface area (Å²) in [5.74, 6) is -0.852. The molecule has 124 valence electrons. The molecule has 1 heterocycles. The molecule has 1 atom stereocenters. The van der Waals surface area contributed by atoms with Crippen LogP contribution in [0.2, 0.25) is 0 Å². The fraction of sp³-hybridized carbons (Fsp3) is 0.375. The zero-order valence-corrected chi connectivity index (χ0v) is 14.1. The van der Waals surface area contributed by atoms with E-state index < -0.39 is 12.0 Å². The summed E-state index contributed by atoms with van der Waals surface area (Å²) >= 11 is 5.28. The van der Waals surface area contributed by atoms with Gasteiger partial charge in [-0.05, 0) is 36.8 Å². The fourth-order valence-electron chi connectivity index (χ4n) is 2.33. The second-order valence-electron chi connectivity index (χ2n) is 5.12. The maximum absolute atomic E-state index is 13.5. The van der Waals surface area contributed by atoms with E-state index in [-0.39, 0.29) is 12.4 Å². The lowest BCUT2D eigenvalue weighted by atomic mass is 9.95. The molecule has 1 aliphatic heterocycles. The molecule has 1 aromatic rings. The number of methoxy groups -OCH3 is 1. The van der Waals surface area contributed by atoms with Crippen molar-refractivity contribution in [3.05, 3.63) is 46.9 Å². The number of carbonyl (C=O) groups excluding carboxylic acids is 1. The molecular weight excluding hydrogens is 319 g/mol. The summed E-state index contributed by atoms with van der Waals surface area (Å²) in [7, 11) is 3.29. The van der Waals surface area contributed by atoms with Crippen LogP contribution in [0.4, 0.5) is 4.39 Å². The molecule has 1 aliphatic rings. The summed E-state index contributed by atoms with van der Waals surface area (Å²) in [5, 5.41) is 3.53. The molecule has 0 amide bonds. The number of hydrogen-bond acceptors (Lipinski definition) is 4. The first kappa shape index (κ1) is 17.4. The minimum atomic E-state index is -0.551. The Morgan fingerprint density at radius 3 is 2.83 bits per heavy atom. The largest absolute Gasteiger partial charge is 0.460 e. The molecule has 1 N–H and O–H groups in total. The first-order chi connectivity index (χ1) is 11.0. The van der Waals surface area contributed by atoms with Crippen molar-refractivity contribution in [3.63, 3.8) is 0 Å². The number of nitrogens with zero attached hydrogens (tertiary/aromatic N) is 1. The van der Waals surface area contributed by atoms with Crippen molar-refractivity contribution in [2.75, 3.05) is 27.4 Å². The number of nitrogens with one attached hydrogen (secondary N) is 1. The monoisotopic (exact) mass is 338 g/mol. The van der Waals surface area contributed by atoms with Crippen LogP contribution in [0, 0.1) is 5.82 Å². The Kier molecular flexibility index (Phi) is 5.68. The van der Waals surface area contributed by atoms with Gasteiger partial charge in [0, 0.05) is 19.9 Å². The third-order valence-electron chi connectivity index (χ3n) is 3.68. The molecule has 0 bridgehead atoms. The SMILES string of the molecule is COCCOC(=O)C1=C(C)N(C)C(=S)N[C@H]1c1cccc(F)c1. The second-order valence-corrected chi connectivity index (χ2v) is 5.51. The van der Waals surface area contributed by atoms with Crippen molar-refractivity contribution in [2.45, 2.75) is 13.0 Å². The van der Waals surface area contributed by atoms with E-state index in [0.29, 0.717) is 28.6 Å². The normalized spacial score (nSPS) is 18.0. The highest BCUT2D eigenvalue weighted by molar-refractivity contribution is 7.80. The summed E-state index contributed by atoms with van der Waals surface area (Å²) < 4.78 is 23.7. The van der Waals surface area contributed by atoms with Gasteiger partial charge in [-0.3, -0.25) is 0 Å². The first-order valence-electron chi connectivity index (χ1n) is 7.12. The Morgan fingerprint density at radius 2 is 2.17 bits per heavy atom. The van der Waals surface area contributed by atoms with E-state index in [9.17, 15) is 9.18 Å². The molecule has 2 rings (SSSR count). The van der Waals surface area contributed by atoms with E-state index in [2.05, 4.69) is 5.32 Å². The quantitative estimate of drug-likeness (QED) is 0.504. The van der Waals surface area contributed by atoms with Crippen LogP contribution < -0.4 is 5.32 Å². The van der Waals surface area contributed by atoms with Gasteiger partial charge in [-0.1, -0.05) is 12.1 Å². The van der Waals surface area contributed by atoms with E-state index in [4.69, 9.17) is 21.7 Å². The number of hydrogen-bond donors (Lipinski definition) is 1. The summed E-state index contributed by atoms with van der Waals surface area (Å²) in [4.78, 5) is 14.2. The van der Waals surface area contributed by atoms with Gasteiger partial charge in [0.05, 0.1) is 18.2 Å². The molecule has 0 aromatic heterocycles. The van der Waals surface area contributed by atoms with Gasteiger partial charge in [-0.25, -0.2) is 9.18 Å². The van der Waals surface area contributed by atoms with Gasteiger partial charge in [0.25, 0.3) is 0 Å². The highest BCUT2D eigenvalue weighted by Crippen LogP contribution is 2.30. The molecule has 0 fully saturated rings. The molecule has 0 saturated heterocycles. The lowest BCUT2D eigenvalue weighted by molar-refractivity contribution is -0.140. The minimum absolute atomic E-state index is 0.149. The van der Waals surface area contributed by atoms with Crippen LogP contribution in [0.25, 0.3) is 0 Å². The number of ether oxygens (including phenoxy) is 2. The van der Waals surface area contributed by atoms with Gasteiger partial charge in [0.15, 0.2) is 5.11 Å². The molecule has 1 aromatic carbocycles. The van der Waals surface area contributed by atoms with Crippen molar-refractivity contribution in [3.8, 4) is 0 Å². The maximum atomic E-state index is 13.5. The average molecular weight is 338 g/mol. The molecule has 23 heavy (non-hydrogen) atoms. The summed E-state index contributed by atoms with van der Waals surface area (Å²) in [6, 6.07) is 5.51. The Hall–Kier alpha value is -1.99. The van der Waals surface area contributed by atoms with Crippen molar-refractivity contribution in [1.29, 1.82) is 0 Å². The van der Waals surface area contributed by atoms with Crippen LogP contribution in [0.3, 0.4) is 0 Å². The van der Waals surface area contributed by atoms with Gasteiger partial charge in [-0.15, -0.1) is 0 Å². The van der Waals surface area contributed by atoms with Gasteiger partial charge in [-0.2, -0.15) is 0 Å². The van der Waals surface area contributed by atoms with Crippen LogP contribution in [0.1, 0.15) is 18.5 Å². The van der Waals surface area contributed by atoms with Gasteiger partial charge >= 0.3 is 5.97 Å². The molecule has 7 heteroatoms. The van der Waals surface area contributed by atoms with Gasteiger partial charge in [0.1, 0.15) is 12.4 Å². The lowest BCUT2D eigenvalue weighted by Gasteiger charge is -2.35. The molecule has 0 radical (unpaired) electrons. The number of halogens is 1. The van der Waals surface area contributed by atoms with Crippen molar-refractivity contribution < 1.29 is 18.7 Å². The van der Waals surface area contributed by atoms with Gasteiger partial charge in [0.2, 0.25) is 0 Å². The highest BCUT2D eigenvalue weighted by Gasteiger charge is 2.33. The van der Waals surface area contributed by atoms with E-state index in [1.165, 1.54) is 19.2 Å². The third-order valence-corrected chi connectivity index (χ3v) is 4.07. The van der Waals surface area contributed by atoms with Crippen LogP contribution >= 0.6 is 12.2 Å². The Morgan fingerprint density at radius 1 is 1.43 bits per heavy atom. The predicted octanol–water partition coefficient (Wildman–Crippen LogP) is 2.15. The van der Waals surface area contributed by atoms with E-state index >= 15 is 0 Å². The number of carbonyl (C=O) groups is 1. The van der Waals surface area contributed by atoms with Crippen molar-refractivity contribution >= 4 is 23.3 Å². The second kappa shape index (κ2) is 7.52. The zero-order valence-electron chi connectivity index (χ0n) is 13.3. The summed E-state index contributed by atoms with van der Waals surface area (Å²) in [6.07, 6.45) is 0. The number of rotatable bonds is 5. The van der Waals surface area contributed by atoms with Gasteiger partial charge < -0.3 is 19.7 Å². The Balaban J connectivity index is 2.38. The molecule has 0 unspecified atom stereocenters. The smallest absolute Gasteiger partial charge is 0.338 e. The van der Waals surface area contributed by atoms with Crippen LogP contribution in [-0.4, -0.2) is 43.4 Å². The van der Waals surface area contributed by atoms with Crippen molar-refractivity contribution in [2.24, 2.45) is 0 Å². The number of benzene rings is 1.